The quantitative estimate of drug-likeness (QED) is 0.184. The highest BCUT2D eigenvalue weighted by Crippen LogP contribution is 2.37. The zero-order valence-electron chi connectivity index (χ0n) is 26.6. The van der Waals surface area contributed by atoms with Gasteiger partial charge in [0.05, 0.1) is 11.0 Å². The minimum absolute atomic E-state index is 0.647. The zero-order valence-corrected chi connectivity index (χ0v) is 26.6. The van der Waals surface area contributed by atoms with Crippen LogP contribution in [0.4, 0.5) is 0 Å². The average Bonchev–Trinajstić information content (AvgIpc) is 3.52. The van der Waals surface area contributed by atoms with Crippen molar-refractivity contribution in [3.8, 4) is 62.1 Å². The van der Waals surface area contributed by atoms with E-state index in [0.717, 1.165) is 33.5 Å². The summed E-state index contributed by atoms with van der Waals surface area (Å²) in [5.74, 6) is 1.96. The van der Waals surface area contributed by atoms with Crippen LogP contribution in [0.2, 0.25) is 0 Å². The largest absolute Gasteiger partial charge is 0.309 e. The van der Waals surface area contributed by atoms with Gasteiger partial charge in [-0.1, -0.05) is 146 Å². The number of nitrogens with zero attached hydrogens (tertiary/aromatic N) is 4. The molecule has 0 N–H and O–H groups in total. The Labute approximate surface area is 284 Å². The highest BCUT2D eigenvalue weighted by atomic mass is 15.0. The molecule has 0 amide bonds. The molecule has 0 unspecified atom stereocenters. The zero-order chi connectivity index (χ0) is 32.6. The molecule has 9 rings (SSSR count). The number of hydrogen-bond donors (Lipinski definition) is 0. The van der Waals surface area contributed by atoms with E-state index >= 15 is 0 Å². The van der Waals surface area contributed by atoms with Gasteiger partial charge >= 0.3 is 0 Å². The van der Waals surface area contributed by atoms with Crippen LogP contribution in [0.25, 0.3) is 83.9 Å². The van der Waals surface area contributed by atoms with Crippen LogP contribution < -0.4 is 0 Å². The first-order valence-corrected chi connectivity index (χ1v) is 16.5. The molecule has 0 aliphatic rings. The number of para-hydroxylation sites is 1. The standard InChI is InChI=1S/C45H30N4/c1-5-13-31(14-6-1)36-25-27-41-39(29-36)40-30-37(26-28-42(40)49(41)38-19-11-4-12-20-38)32-21-23-35(24-22-32)45-47-43(33-15-7-2-8-16-33)46-44(48-45)34-17-9-3-10-18-34/h1-30H. The lowest BCUT2D eigenvalue weighted by Gasteiger charge is -2.10. The molecular formula is C45H30N4. The van der Waals surface area contributed by atoms with Crippen molar-refractivity contribution in [2.45, 2.75) is 0 Å². The third-order valence-electron chi connectivity index (χ3n) is 9.06. The molecule has 0 aliphatic carbocycles. The fourth-order valence-corrected chi connectivity index (χ4v) is 6.62. The van der Waals surface area contributed by atoms with Gasteiger partial charge in [-0.3, -0.25) is 0 Å². The lowest BCUT2D eigenvalue weighted by atomic mass is 9.99. The van der Waals surface area contributed by atoms with Crippen LogP contribution in [-0.2, 0) is 0 Å². The van der Waals surface area contributed by atoms with Crippen molar-refractivity contribution >= 4 is 21.8 Å². The number of rotatable bonds is 6. The van der Waals surface area contributed by atoms with Crippen LogP contribution in [-0.4, -0.2) is 19.5 Å². The molecule has 0 bridgehead atoms. The first-order valence-electron chi connectivity index (χ1n) is 16.5. The third kappa shape index (κ3) is 5.35. The topological polar surface area (TPSA) is 43.6 Å². The lowest BCUT2D eigenvalue weighted by molar-refractivity contribution is 1.07. The second-order valence-corrected chi connectivity index (χ2v) is 12.1. The van der Waals surface area contributed by atoms with E-state index in [1.807, 2.05) is 60.7 Å². The van der Waals surface area contributed by atoms with Crippen LogP contribution >= 0.6 is 0 Å². The van der Waals surface area contributed by atoms with Crippen LogP contribution in [0.5, 0.6) is 0 Å². The maximum absolute atomic E-state index is 4.92. The van der Waals surface area contributed by atoms with Crippen molar-refractivity contribution in [2.75, 3.05) is 0 Å². The molecule has 0 aliphatic heterocycles. The molecule has 2 heterocycles. The van der Waals surface area contributed by atoms with Gasteiger partial charge in [0.2, 0.25) is 0 Å². The Morgan fingerprint density at radius 1 is 0.286 bits per heavy atom. The molecule has 0 saturated heterocycles. The number of benzene rings is 7. The molecule has 49 heavy (non-hydrogen) atoms. The predicted octanol–water partition coefficient (Wildman–Crippen LogP) is 11.3. The Morgan fingerprint density at radius 2 is 0.612 bits per heavy atom. The third-order valence-corrected chi connectivity index (χ3v) is 9.06. The summed E-state index contributed by atoms with van der Waals surface area (Å²) in [7, 11) is 0. The highest BCUT2D eigenvalue weighted by molar-refractivity contribution is 6.11. The van der Waals surface area contributed by atoms with Gasteiger partial charge in [0.25, 0.3) is 0 Å². The van der Waals surface area contributed by atoms with Crippen LogP contribution in [0, 0.1) is 0 Å². The van der Waals surface area contributed by atoms with Crippen molar-refractivity contribution in [3.05, 3.63) is 182 Å². The maximum Gasteiger partial charge on any atom is 0.164 e. The Morgan fingerprint density at radius 3 is 1.06 bits per heavy atom. The summed E-state index contributed by atoms with van der Waals surface area (Å²) in [6.07, 6.45) is 0. The second-order valence-electron chi connectivity index (χ2n) is 12.1. The van der Waals surface area contributed by atoms with Crippen LogP contribution in [0.3, 0.4) is 0 Å². The van der Waals surface area contributed by atoms with Crippen LogP contribution in [0.15, 0.2) is 182 Å². The SMILES string of the molecule is c1ccc(-c2ccc3c(c2)c2cc(-c4ccc(-c5nc(-c6ccccc6)nc(-c6ccccc6)n5)cc4)ccc2n3-c2ccccc2)cc1. The average molecular weight is 627 g/mol. The van der Waals surface area contributed by atoms with E-state index in [4.69, 9.17) is 15.0 Å². The highest BCUT2D eigenvalue weighted by Gasteiger charge is 2.16. The number of aromatic nitrogens is 4. The first-order chi connectivity index (χ1) is 24.3. The van der Waals surface area contributed by atoms with Crippen molar-refractivity contribution in [1.82, 2.24) is 19.5 Å². The van der Waals surface area contributed by atoms with Gasteiger partial charge in [-0.05, 0) is 58.7 Å². The van der Waals surface area contributed by atoms with E-state index in [2.05, 4.69) is 126 Å². The minimum atomic E-state index is 0.647. The van der Waals surface area contributed by atoms with E-state index in [9.17, 15) is 0 Å². The van der Waals surface area contributed by atoms with Gasteiger partial charge in [-0.25, -0.2) is 15.0 Å². The molecule has 0 radical (unpaired) electrons. The van der Waals surface area contributed by atoms with Gasteiger partial charge in [0.1, 0.15) is 0 Å². The van der Waals surface area contributed by atoms with Gasteiger partial charge in [-0.2, -0.15) is 0 Å². The molecule has 9 aromatic rings. The van der Waals surface area contributed by atoms with Crippen molar-refractivity contribution < 1.29 is 0 Å². The smallest absolute Gasteiger partial charge is 0.164 e. The molecule has 230 valence electrons. The van der Waals surface area contributed by atoms with E-state index in [0.29, 0.717) is 17.5 Å². The van der Waals surface area contributed by atoms with Gasteiger partial charge in [0, 0.05) is 33.2 Å². The summed E-state index contributed by atoms with van der Waals surface area (Å²) in [6.45, 7) is 0. The molecule has 0 fully saturated rings. The van der Waals surface area contributed by atoms with Gasteiger partial charge < -0.3 is 4.57 Å². The molecule has 0 saturated carbocycles. The molecule has 4 nitrogen and oxygen atoms in total. The Bertz CT molecular complexity index is 2500. The normalized spacial score (nSPS) is 11.3. The summed E-state index contributed by atoms with van der Waals surface area (Å²) >= 11 is 0. The Balaban J connectivity index is 1.15. The summed E-state index contributed by atoms with van der Waals surface area (Å²) in [6, 6.07) is 63.5. The predicted molar refractivity (Wildman–Crippen MR) is 201 cm³/mol. The lowest BCUT2D eigenvalue weighted by Crippen LogP contribution is -2.00. The van der Waals surface area contributed by atoms with E-state index < -0.39 is 0 Å². The fourth-order valence-electron chi connectivity index (χ4n) is 6.62. The number of fused-ring (bicyclic) bond motifs is 3. The second kappa shape index (κ2) is 12.2. The Kier molecular flexibility index (Phi) is 7.10. The van der Waals surface area contributed by atoms with Crippen molar-refractivity contribution in [3.63, 3.8) is 0 Å². The molecule has 2 aromatic heterocycles. The van der Waals surface area contributed by atoms with Crippen molar-refractivity contribution in [1.29, 1.82) is 0 Å². The number of hydrogen-bond acceptors (Lipinski definition) is 3. The Hall–Kier alpha value is -6.65. The van der Waals surface area contributed by atoms with Gasteiger partial charge in [0.15, 0.2) is 17.5 Å². The van der Waals surface area contributed by atoms with E-state index in [-0.39, 0.29) is 0 Å². The van der Waals surface area contributed by atoms with E-state index in [1.54, 1.807) is 0 Å². The molecular weight excluding hydrogens is 597 g/mol. The molecule has 0 spiro atoms. The monoisotopic (exact) mass is 626 g/mol. The van der Waals surface area contributed by atoms with Crippen LogP contribution in [0.1, 0.15) is 0 Å². The molecule has 4 heteroatoms. The first kappa shape index (κ1) is 28.6. The maximum atomic E-state index is 4.92. The summed E-state index contributed by atoms with van der Waals surface area (Å²) < 4.78 is 2.36. The summed E-state index contributed by atoms with van der Waals surface area (Å²) in [5, 5.41) is 2.45. The molecule has 7 aromatic carbocycles. The van der Waals surface area contributed by atoms with Gasteiger partial charge in [-0.15, -0.1) is 0 Å². The van der Waals surface area contributed by atoms with Crippen molar-refractivity contribution in [2.24, 2.45) is 0 Å². The summed E-state index contributed by atoms with van der Waals surface area (Å²) in [5.41, 5.74) is 11.1. The summed E-state index contributed by atoms with van der Waals surface area (Å²) in [4.78, 5) is 14.7. The van der Waals surface area contributed by atoms with E-state index in [1.165, 1.54) is 32.9 Å². The fraction of sp³-hybridized carbons (Fsp3) is 0. The molecule has 0 atom stereocenters. The minimum Gasteiger partial charge on any atom is -0.309 e.